The van der Waals surface area contributed by atoms with Crippen molar-refractivity contribution in [2.45, 2.75) is 25.9 Å². The van der Waals surface area contributed by atoms with Gasteiger partial charge >= 0.3 is 5.97 Å². The van der Waals surface area contributed by atoms with Crippen LogP contribution in [0, 0.1) is 5.92 Å². The van der Waals surface area contributed by atoms with Gasteiger partial charge in [-0.2, -0.15) is 0 Å². The van der Waals surface area contributed by atoms with E-state index in [2.05, 4.69) is 0 Å². The number of carbonyl (C=O) groups excluding carboxylic acids is 1. The highest BCUT2D eigenvalue weighted by molar-refractivity contribution is 5.73. The largest absolute Gasteiger partial charge is 0.466 e. The fourth-order valence-corrected chi connectivity index (χ4v) is 1.04. The van der Waals surface area contributed by atoms with Crippen LogP contribution >= 0.6 is 0 Å². The molecule has 0 radical (unpaired) electrons. The zero-order valence-electron chi connectivity index (χ0n) is 6.04. The van der Waals surface area contributed by atoms with E-state index in [4.69, 9.17) is 9.84 Å². The van der Waals surface area contributed by atoms with E-state index in [0.717, 1.165) is 0 Å². The van der Waals surface area contributed by atoms with Crippen LogP contribution in [0.15, 0.2) is 0 Å². The SMILES string of the molecule is CCOC(=O)[C@H]1C[C@H](O)C1. The standard InChI is InChI=1S/C7H12O3/c1-2-10-7(9)5-3-6(8)4-5/h5-6,8H,2-4H2,1H3/t5-,6-. The normalized spacial score (nSPS) is 31.0. The van der Waals surface area contributed by atoms with Gasteiger partial charge in [0.05, 0.1) is 18.6 Å². The van der Waals surface area contributed by atoms with Gasteiger partial charge in [0.15, 0.2) is 0 Å². The van der Waals surface area contributed by atoms with Gasteiger partial charge in [-0.3, -0.25) is 4.79 Å². The van der Waals surface area contributed by atoms with E-state index in [9.17, 15) is 4.79 Å². The van der Waals surface area contributed by atoms with Gasteiger partial charge in [0.25, 0.3) is 0 Å². The summed E-state index contributed by atoms with van der Waals surface area (Å²) in [7, 11) is 0. The van der Waals surface area contributed by atoms with E-state index in [1.807, 2.05) is 0 Å². The zero-order chi connectivity index (χ0) is 7.56. The molecule has 1 saturated carbocycles. The predicted molar refractivity (Wildman–Crippen MR) is 35.4 cm³/mol. The Kier molecular flexibility index (Phi) is 2.27. The summed E-state index contributed by atoms with van der Waals surface area (Å²) in [5.74, 6) is -0.192. The van der Waals surface area contributed by atoms with E-state index in [-0.39, 0.29) is 18.0 Å². The second-order valence-electron chi connectivity index (χ2n) is 2.57. The molecule has 0 aliphatic heterocycles. The van der Waals surface area contributed by atoms with Gasteiger partial charge in [-0.05, 0) is 19.8 Å². The third-order valence-corrected chi connectivity index (χ3v) is 1.73. The molecule has 3 nitrogen and oxygen atoms in total. The molecule has 10 heavy (non-hydrogen) atoms. The molecule has 0 unspecified atom stereocenters. The quantitative estimate of drug-likeness (QED) is 0.568. The van der Waals surface area contributed by atoms with Gasteiger partial charge in [-0.15, -0.1) is 0 Å². The van der Waals surface area contributed by atoms with E-state index in [0.29, 0.717) is 19.4 Å². The molecule has 1 aliphatic carbocycles. The Balaban J connectivity index is 2.18. The molecule has 0 amide bonds. The monoisotopic (exact) mass is 144 g/mol. The average molecular weight is 144 g/mol. The first-order chi connectivity index (χ1) is 4.74. The summed E-state index contributed by atoms with van der Waals surface area (Å²) in [6.45, 7) is 2.22. The van der Waals surface area contributed by atoms with E-state index in [1.54, 1.807) is 6.92 Å². The third-order valence-electron chi connectivity index (χ3n) is 1.73. The van der Waals surface area contributed by atoms with Crippen molar-refractivity contribution in [2.24, 2.45) is 5.92 Å². The predicted octanol–water partition coefficient (Wildman–Crippen LogP) is 0.320. The van der Waals surface area contributed by atoms with Crippen molar-refractivity contribution in [2.75, 3.05) is 6.61 Å². The average Bonchev–Trinajstić information content (AvgIpc) is 1.82. The number of rotatable bonds is 2. The first kappa shape index (κ1) is 7.54. The van der Waals surface area contributed by atoms with Gasteiger partial charge < -0.3 is 9.84 Å². The fraction of sp³-hybridized carbons (Fsp3) is 0.857. The molecule has 0 saturated heterocycles. The molecule has 1 aliphatic rings. The second-order valence-corrected chi connectivity index (χ2v) is 2.57. The van der Waals surface area contributed by atoms with Crippen molar-refractivity contribution in [1.29, 1.82) is 0 Å². The third kappa shape index (κ3) is 1.48. The Morgan fingerprint density at radius 1 is 1.70 bits per heavy atom. The lowest BCUT2D eigenvalue weighted by Gasteiger charge is -2.28. The first-order valence-corrected chi connectivity index (χ1v) is 3.58. The van der Waals surface area contributed by atoms with E-state index in [1.165, 1.54) is 0 Å². The van der Waals surface area contributed by atoms with Crippen molar-refractivity contribution >= 4 is 5.97 Å². The van der Waals surface area contributed by atoms with Crippen molar-refractivity contribution in [3.05, 3.63) is 0 Å². The summed E-state index contributed by atoms with van der Waals surface area (Å²) in [5.41, 5.74) is 0. The number of aliphatic hydroxyl groups excluding tert-OH is 1. The fourth-order valence-electron chi connectivity index (χ4n) is 1.04. The number of esters is 1. The number of carbonyl (C=O) groups is 1. The highest BCUT2D eigenvalue weighted by Gasteiger charge is 2.33. The summed E-state index contributed by atoms with van der Waals surface area (Å²) in [4.78, 5) is 10.8. The molecule has 0 spiro atoms. The van der Waals surface area contributed by atoms with Crippen LogP contribution in [0.5, 0.6) is 0 Å². The van der Waals surface area contributed by atoms with Crippen LogP contribution in [0.25, 0.3) is 0 Å². The highest BCUT2D eigenvalue weighted by Crippen LogP contribution is 2.27. The maximum Gasteiger partial charge on any atom is 0.309 e. The van der Waals surface area contributed by atoms with Crippen LogP contribution in [0.3, 0.4) is 0 Å². The van der Waals surface area contributed by atoms with Crippen LogP contribution in [-0.2, 0) is 9.53 Å². The minimum atomic E-state index is -0.269. The second kappa shape index (κ2) is 3.01. The molecule has 1 fully saturated rings. The molecule has 0 heterocycles. The summed E-state index contributed by atoms with van der Waals surface area (Å²) in [6, 6.07) is 0. The molecule has 1 N–H and O–H groups in total. The van der Waals surface area contributed by atoms with Crippen molar-refractivity contribution in [3.63, 3.8) is 0 Å². The smallest absolute Gasteiger partial charge is 0.309 e. The minimum absolute atomic E-state index is 0.0325. The Bertz CT molecular complexity index is 127. The van der Waals surface area contributed by atoms with Crippen LogP contribution in [0.4, 0.5) is 0 Å². The van der Waals surface area contributed by atoms with Crippen molar-refractivity contribution in [3.8, 4) is 0 Å². The topological polar surface area (TPSA) is 46.5 Å². The maximum absolute atomic E-state index is 10.8. The van der Waals surface area contributed by atoms with Gasteiger partial charge in [-0.25, -0.2) is 0 Å². The molecule has 0 aromatic carbocycles. The highest BCUT2D eigenvalue weighted by atomic mass is 16.5. The summed E-state index contributed by atoms with van der Waals surface area (Å²) >= 11 is 0. The van der Waals surface area contributed by atoms with Crippen molar-refractivity contribution < 1.29 is 14.6 Å². The molecule has 0 aromatic rings. The van der Waals surface area contributed by atoms with Crippen LogP contribution in [-0.4, -0.2) is 23.8 Å². The number of ether oxygens (including phenoxy) is 1. The summed E-state index contributed by atoms with van der Waals surface area (Å²) in [5, 5.41) is 8.83. The Hall–Kier alpha value is -0.570. The number of hydrogen-bond acceptors (Lipinski definition) is 3. The van der Waals surface area contributed by atoms with Crippen LogP contribution in [0.1, 0.15) is 19.8 Å². The lowest BCUT2D eigenvalue weighted by molar-refractivity contribution is -0.155. The first-order valence-electron chi connectivity index (χ1n) is 3.58. The summed E-state index contributed by atoms with van der Waals surface area (Å²) < 4.78 is 4.74. The van der Waals surface area contributed by atoms with Gasteiger partial charge in [-0.1, -0.05) is 0 Å². The maximum atomic E-state index is 10.8. The molecule has 0 aromatic heterocycles. The Morgan fingerprint density at radius 3 is 2.70 bits per heavy atom. The van der Waals surface area contributed by atoms with Gasteiger partial charge in [0.2, 0.25) is 0 Å². The van der Waals surface area contributed by atoms with Crippen LogP contribution in [0.2, 0.25) is 0 Å². The minimum Gasteiger partial charge on any atom is -0.466 e. The van der Waals surface area contributed by atoms with Crippen LogP contribution < -0.4 is 0 Å². The van der Waals surface area contributed by atoms with E-state index >= 15 is 0 Å². The Labute approximate surface area is 60.0 Å². The molecular formula is C7H12O3. The van der Waals surface area contributed by atoms with Crippen molar-refractivity contribution in [1.82, 2.24) is 0 Å². The molecule has 0 atom stereocenters. The van der Waals surface area contributed by atoms with Gasteiger partial charge in [0.1, 0.15) is 0 Å². The molecule has 0 bridgehead atoms. The molecule has 58 valence electrons. The zero-order valence-corrected chi connectivity index (χ0v) is 6.04. The number of hydrogen-bond donors (Lipinski definition) is 1. The number of aliphatic hydroxyl groups is 1. The lowest BCUT2D eigenvalue weighted by atomic mass is 9.83. The lowest BCUT2D eigenvalue weighted by Crippen LogP contribution is -2.35. The molecule has 1 rings (SSSR count). The molecule has 3 heteroatoms. The molecular weight excluding hydrogens is 132 g/mol. The summed E-state index contributed by atoms with van der Waals surface area (Å²) in [6.07, 6.45) is 0.895. The van der Waals surface area contributed by atoms with Gasteiger partial charge in [0, 0.05) is 0 Å². The Morgan fingerprint density at radius 2 is 2.30 bits per heavy atom. The van der Waals surface area contributed by atoms with E-state index < -0.39 is 0 Å².